The number of ether oxygens (including phenoxy) is 1. The summed E-state index contributed by atoms with van der Waals surface area (Å²) in [5, 5.41) is 7.52. The molecule has 0 aliphatic heterocycles. The highest BCUT2D eigenvalue weighted by molar-refractivity contribution is 5.91. The van der Waals surface area contributed by atoms with Crippen molar-refractivity contribution in [1.82, 2.24) is 10.6 Å². The third-order valence-electron chi connectivity index (χ3n) is 5.05. The first kappa shape index (κ1) is 23.0. The lowest BCUT2D eigenvalue weighted by molar-refractivity contribution is -0.146. The Labute approximate surface area is 186 Å². The number of rotatable bonds is 9. The highest BCUT2D eigenvalue weighted by Crippen LogP contribution is 2.18. The summed E-state index contributed by atoms with van der Waals surface area (Å²) in [7, 11) is 0. The number of fused-ring (bicyclic) bond motifs is 1. The molecule has 7 heteroatoms. The molecule has 0 spiro atoms. The second kappa shape index (κ2) is 11.1. The van der Waals surface area contributed by atoms with Crippen molar-refractivity contribution >= 4 is 28.6 Å². The number of hydrogen-bond acceptors (Lipinski definition) is 5. The molecule has 3 aromatic carbocycles. The molecule has 3 aromatic rings. The molecule has 0 bridgehead atoms. The van der Waals surface area contributed by atoms with Gasteiger partial charge in [-0.1, -0.05) is 72.8 Å². The summed E-state index contributed by atoms with van der Waals surface area (Å²) in [5.74, 6) is -1.51. The monoisotopic (exact) mass is 433 g/mol. The molecule has 0 aromatic heterocycles. The van der Waals surface area contributed by atoms with Gasteiger partial charge in [-0.25, -0.2) is 0 Å². The fraction of sp³-hybridized carbons (Fsp3) is 0.240. The van der Waals surface area contributed by atoms with E-state index in [4.69, 9.17) is 10.5 Å². The van der Waals surface area contributed by atoms with Crippen LogP contribution in [0.3, 0.4) is 0 Å². The molecule has 2 atom stereocenters. The van der Waals surface area contributed by atoms with Crippen molar-refractivity contribution < 1.29 is 19.1 Å². The molecule has 0 aliphatic carbocycles. The predicted octanol–water partition coefficient (Wildman–Crippen LogP) is 2.42. The maximum Gasteiger partial charge on any atom is 0.308 e. The summed E-state index contributed by atoms with van der Waals surface area (Å²) in [6, 6.07) is 21.1. The third kappa shape index (κ3) is 6.39. The summed E-state index contributed by atoms with van der Waals surface area (Å²) in [6.07, 6.45) is -0.275. The minimum Gasteiger partial charge on any atom is -0.461 e. The average molecular weight is 434 g/mol. The highest BCUT2D eigenvalue weighted by atomic mass is 16.5. The molecule has 4 N–H and O–H groups in total. The molecule has 0 heterocycles. The van der Waals surface area contributed by atoms with Gasteiger partial charge in [0.25, 0.3) is 0 Å². The molecular weight excluding hydrogens is 406 g/mol. The Morgan fingerprint density at radius 2 is 1.59 bits per heavy atom. The van der Waals surface area contributed by atoms with Crippen LogP contribution in [-0.2, 0) is 32.3 Å². The molecule has 32 heavy (non-hydrogen) atoms. The zero-order valence-corrected chi connectivity index (χ0v) is 17.9. The van der Waals surface area contributed by atoms with Gasteiger partial charge in [0.1, 0.15) is 12.6 Å². The molecule has 2 amide bonds. The van der Waals surface area contributed by atoms with Crippen LogP contribution in [0.4, 0.5) is 0 Å². The third-order valence-corrected chi connectivity index (χ3v) is 5.05. The van der Waals surface area contributed by atoms with E-state index in [9.17, 15) is 14.4 Å². The van der Waals surface area contributed by atoms with Crippen LogP contribution in [0, 0.1) is 0 Å². The summed E-state index contributed by atoms with van der Waals surface area (Å²) >= 11 is 0. The summed E-state index contributed by atoms with van der Waals surface area (Å²) < 4.78 is 5.15. The predicted molar refractivity (Wildman–Crippen MR) is 122 cm³/mol. The quantitative estimate of drug-likeness (QED) is 0.449. The normalized spacial score (nSPS) is 12.6. The number of hydrogen-bond donors (Lipinski definition) is 3. The van der Waals surface area contributed by atoms with Crippen molar-refractivity contribution in [2.75, 3.05) is 0 Å². The Morgan fingerprint density at radius 3 is 2.38 bits per heavy atom. The van der Waals surface area contributed by atoms with Crippen molar-refractivity contribution in [3.05, 3.63) is 83.9 Å². The molecule has 0 saturated heterocycles. The van der Waals surface area contributed by atoms with Gasteiger partial charge < -0.3 is 21.1 Å². The zero-order chi connectivity index (χ0) is 22.9. The largest absolute Gasteiger partial charge is 0.461 e. The van der Waals surface area contributed by atoms with Gasteiger partial charge >= 0.3 is 5.97 Å². The number of benzene rings is 3. The van der Waals surface area contributed by atoms with E-state index in [1.807, 2.05) is 72.8 Å². The lowest BCUT2D eigenvalue weighted by Gasteiger charge is -2.17. The Balaban J connectivity index is 1.44. The first-order valence-corrected chi connectivity index (χ1v) is 10.4. The van der Waals surface area contributed by atoms with E-state index in [0.717, 1.165) is 21.9 Å². The van der Waals surface area contributed by atoms with Crippen LogP contribution in [-0.4, -0.2) is 29.9 Å². The summed E-state index contributed by atoms with van der Waals surface area (Å²) in [6.45, 7) is 2.01. The Morgan fingerprint density at radius 1 is 0.906 bits per heavy atom. The maximum absolute atomic E-state index is 12.4. The molecule has 3 rings (SSSR count). The molecule has 0 unspecified atom stereocenters. The number of carbonyl (C=O) groups is 3. The van der Waals surface area contributed by atoms with Crippen molar-refractivity contribution in [3.63, 3.8) is 0 Å². The smallest absolute Gasteiger partial charge is 0.308 e. The molecule has 0 aliphatic rings. The first-order chi connectivity index (χ1) is 15.4. The molecule has 0 radical (unpaired) electrons. The van der Waals surface area contributed by atoms with Crippen LogP contribution >= 0.6 is 0 Å². The lowest BCUT2D eigenvalue weighted by Crippen LogP contribution is -2.50. The molecular formula is C25H27N3O4. The minimum atomic E-state index is -1.11. The van der Waals surface area contributed by atoms with E-state index in [0.29, 0.717) is 6.54 Å². The molecule has 166 valence electrons. The maximum atomic E-state index is 12.4. The fourth-order valence-corrected chi connectivity index (χ4v) is 3.24. The van der Waals surface area contributed by atoms with Crippen LogP contribution in [0.2, 0.25) is 0 Å². The number of nitrogens with two attached hydrogens (primary N) is 1. The Bertz CT molecular complexity index is 1080. The van der Waals surface area contributed by atoms with Gasteiger partial charge in [-0.15, -0.1) is 0 Å². The topological polar surface area (TPSA) is 111 Å². The van der Waals surface area contributed by atoms with Gasteiger partial charge in [0, 0.05) is 6.54 Å². The summed E-state index contributed by atoms with van der Waals surface area (Å²) in [5.41, 5.74) is 7.64. The highest BCUT2D eigenvalue weighted by Gasteiger charge is 2.22. The Kier molecular flexibility index (Phi) is 7.94. The standard InChI is InChI=1S/C25H27N3O4/c1-17(24(30)27-15-20-12-7-11-19-10-5-6-13-21(19)20)28-25(31)22(26)14-23(29)32-16-18-8-3-2-4-9-18/h2-13,17,22H,14-16,26H2,1H3,(H,27,30)(H,28,31)/t17-,22-/m0/s1. The van der Waals surface area contributed by atoms with Crippen LogP contribution < -0.4 is 16.4 Å². The van der Waals surface area contributed by atoms with E-state index >= 15 is 0 Å². The van der Waals surface area contributed by atoms with Gasteiger partial charge in [-0.2, -0.15) is 0 Å². The second-order valence-corrected chi connectivity index (χ2v) is 7.54. The van der Waals surface area contributed by atoms with Crippen LogP contribution in [0.15, 0.2) is 72.8 Å². The average Bonchev–Trinajstić information content (AvgIpc) is 2.81. The number of esters is 1. The van der Waals surface area contributed by atoms with E-state index in [1.54, 1.807) is 6.92 Å². The summed E-state index contributed by atoms with van der Waals surface area (Å²) in [4.78, 5) is 36.7. The SMILES string of the molecule is C[C@H](NC(=O)[C@@H](N)CC(=O)OCc1ccccc1)C(=O)NCc1cccc2ccccc12. The van der Waals surface area contributed by atoms with Gasteiger partial charge in [0.15, 0.2) is 0 Å². The van der Waals surface area contributed by atoms with E-state index < -0.39 is 24.0 Å². The van der Waals surface area contributed by atoms with Gasteiger partial charge in [0.05, 0.1) is 12.5 Å². The van der Waals surface area contributed by atoms with Gasteiger partial charge in [-0.3, -0.25) is 14.4 Å². The van der Waals surface area contributed by atoms with E-state index in [-0.39, 0.29) is 18.9 Å². The fourth-order valence-electron chi connectivity index (χ4n) is 3.24. The molecule has 0 fully saturated rings. The first-order valence-electron chi connectivity index (χ1n) is 10.4. The lowest BCUT2D eigenvalue weighted by atomic mass is 10.0. The van der Waals surface area contributed by atoms with Crippen molar-refractivity contribution in [2.45, 2.75) is 38.6 Å². The van der Waals surface area contributed by atoms with Crippen LogP contribution in [0.25, 0.3) is 10.8 Å². The van der Waals surface area contributed by atoms with Crippen LogP contribution in [0.5, 0.6) is 0 Å². The minimum absolute atomic E-state index is 0.112. The molecule has 0 saturated carbocycles. The number of nitrogens with one attached hydrogen (secondary N) is 2. The van der Waals surface area contributed by atoms with Gasteiger partial charge in [-0.05, 0) is 28.8 Å². The van der Waals surface area contributed by atoms with E-state index in [2.05, 4.69) is 10.6 Å². The second-order valence-electron chi connectivity index (χ2n) is 7.54. The zero-order valence-electron chi connectivity index (χ0n) is 17.9. The Hall–Kier alpha value is -3.71. The van der Waals surface area contributed by atoms with Crippen molar-refractivity contribution in [3.8, 4) is 0 Å². The number of carbonyl (C=O) groups excluding carboxylic acids is 3. The van der Waals surface area contributed by atoms with Crippen molar-refractivity contribution in [2.24, 2.45) is 5.73 Å². The van der Waals surface area contributed by atoms with Crippen LogP contribution in [0.1, 0.15) is 24.5 Å². The van der Waals surface area contributed by atoms with Gasteiger partial charge in [0.2, 0.25) is 11.8 Å². The molecule has 7 nitrogen and oxygen atoms in total. The van der Waals surface area contributed by atoms with Crippen molar-refractivity contribution in [1.29, 1.82) is 0 Å². The number of amides is 2. The van der Waals surface area contributed by atoms with E-state index in [1.165, 1.54) is 0 Å².